The van der Waals surface area contributed by atoms with Crippen molar-refractivity contribution in [2.45, 2.75) is 38.0 Å². The van der Waals surface area contributed by atoms with E-state index < -0.39 is 0 Å². The Labute approximate surface area is 206 Å². The van der Waals surface area contributed by atoms with Gasteiger partial charge in [0.25, 0.3) is 0 Å². The minimum atomic E-state index is -0.363. The summed E-state index contributed by atoms with van der Waals surface area (Å²) in [6.45, 7) is 0. The Morgan fingerprint density at radius 2 is 1.49 bits per heavy atom. The molecule has 0 aliphatic heterocycles. The Balaban J connectivity index is 1.21. The van der Waals surface area contributed by atoms with Crippen LogP contribution < -0.4 is 4.85 Å². The van der Waals surface area contributed by atoms with Gasteiger partial charge in [0.2, 0.25) is 11.0 Å². The fourth-order valence-electron chi connectivity index (χ4n) is 4.80. The summed E-state index contributed by atoms with van der Waals surface area (Å²) in [6.07, 6.45) is 6.59. The predicted octanol–water partition coefficient (Wildman–Crippen LogP) is 5.59. The number of nitrogens with zero attached hydrogens (tertiary/aromatic N) is 5. The smallest absolute Gasteiger partial charge is 0.366 e. The Hall–Kier alpha value is -3.91. The van der Waals surface area contributed by atoms with E-state index in [4.69, 9.17) is 0 Å². The lowest BCUT2D eigenvalue weighted by Crippen LogP contribution is -2.31. The molecule has 2 heterocycles. The fourth-order valence-corrected chi connectivity index (χ4v) is 5.65. The third kappa shape index (κ3) is 4.10. The van der Waals surface area contributed by atoms with E-state index >= 15 is 0 Å². The summed E-state index contributed by atoms with van der Waals surface area (Å²) in [6, 6.07) is 22.8. The molecule has 1 fully saturated rings. The normalized spacial score (nSPS) is 14.4. The predicted molar refractivity (Wildman–Crippen MR) is 135 cm³/mol. The van der Waals surface area contributed by atoms with Crippen molar-refractivity contribution in [1.82, 2.24) is 20.1 Å². The molecule has 0 spiro atoms. The highest BCUT2D eigenvalue weighted by Crippen LogP contribution is 2.35. The van der Waals surface area contributed by atoms with E-state index in [9.17, 15) is 10.0 Å². The van der Waals surface area contributed by atoms with Gasteiger partial charge >= 0.3 is 5.91 Å². The highest BCUT2D eigenvalue weighted by Gasteiger charge is 2.23. The number of fused-ring (bicyclic) bond motifs is 1. The van der Waals surface area contributed by atoms with Crippen LogP contribution >= 0.6 is 11.3 Å². The first-order valence-corrected chi connectivity index (χ1v) is 12.7. The minimum Gasteiger partial charge on any atom is -0.691 e. The first-order valence-electron chi connectivity index (χ1n) is 11.8. The van der Waals surface area contributed by atoms with Crippen LogP contribution in [0.4, 0.5) is 0 Å². The van der Waals surface area contributed by atoms with Gasteiger partial charge in [-0.1, -0.05) is 83.8 Å². The first-order chi connectivity index (χ1) is 17.2. The van der Waals surface area contributed by atoms with Gasteiger partial charge in [-0.3, -0.25) is 0 Å². The van der Waals surface area contributed by atoms with Crippen molar-refractivity contribution in [3.8, 4) is 21.1 Å². The summed E-state index contributed by atoms with van der Waals surface area (Å²) < 4.78 is 1.14. The molecule has 174 valence electrons. The molecule has 0 unspecified atom stereocenters. The van der Waals surface area contributed by atoms with Gasteiger partial charge in [0.15, 0.2) is 0 Å². The maximum Gasteiger partial charge on any atom is 0.366 e. The Bertz CT molecular complexity index is 1500. The van der Waals surface area contributed by atoms with Crippen LogP contribution in [0.1, 0.15) is 53.9 Å². The minimum absolute atomic E-state index is 0.352. The standard InChI is InChI=1S/C27H23N5O2S/c33-27(31-23-8-4-5-9-24(23)32(34)30-31)22-16-14-21(15-17-22)26-29-28-25(35-26)20-12-10-19(11-13-20)18-6-2-1-3-7-18/h4-5,8-18H,1-3,6-7H2. The van der Waals surface area contributed by atoms with Crippen molar-refractivity contribution in [2.24, 2.45) is 0 Å². The Morgan fingerprint density at radius 3 is 2.17 bits per heavy atom. The number of hydrogen-bond acceptors (Lipinski definition) is 6. The van der Waals surface area contributed by atoms with Crippen LogP contribution in [0.2, 0.25) is 0 Å². The molecular weight excluding hydrogens is 458 g/mol. The number of para-hydroxylation sites is 2. The van der Waals surface area contributed by atoms with Gasteiger partial charge in [0, 0.05) is 11.1 Å². The van der Waals surface area contributed by atoms with Crippen LogP contribution in [-0.2, 0) is 0 Å². The second-order valence-corrected chi connectivity index (χ2v) is 9.89. The van der Waals surface area contributed by atoms with Crippen molar-refractivity contribution < 1.29 is 9.64 Å². The fraction of sp³-hybridized carbons (Fsp3) is 0.222. The van der Waals surface area contributed by atoms with Gasteiger partial charge in [0.05, 0.1) is 5.56 Å². The van der Waals surface area contributed by atoms with Crippen LogP contribution in [0.5, 0.6) is 0 Å². The molecule has 6 rings (SSSR count). The number of carbonyl (C=O) groups excluding carboxylic acids is 1. The topological polar surface area (TPSA) is 87.6 Å². The largest absolute Gasteiger partial charge is 0.691 e. The monoisotopic (exact) mass is 481 g/mol. The average molecular weight is 482 g/mol. The van der Waals surface area contributed by atoms with E-state index in [1.54, 1.807) is 36.4 Å². The third-order valence-electron chi connectivity index (χ3n) is 6.72. The molecule has 3 aromatic carbocycles. The maximum atomic E-state index is 13.0. The second kappa shape index (κ2) is 9.03. The molecule has 0 amide bonds. The lowest BCUT2D eigenvalue weighted by atomic mass is 9.84. The molecule has 0 N–H and O–H groups in total. The van der Waals surface area contributed by atoms with Gasteiger partial charge in [-0.25, -0.2) is 4.79 Å². The van der Waals surface area contributed by atoms with Crippen LogP contribution in [-0.4, -0.2) is 26.0 Å². The summed E-state index contributed by atoms with van der Waals surface area (Å²) in [5.41, 5.74) is 4.63. The summed E-state index contributed by atoms with van der Waals surface area (Å²) in [5, 5.41) is 26.3. The van der Waals surface area contributed by atoms with E-state index in [1.807, 2.05) is 12.1 Å². The molecule has 35 heavy (non-hydrogen) atoms. The molecular formula is C27H23N5O2S. The van der Waals surface area contributed by atoms with Crippen LogP contribution in [0.3, 0.4) is 0 Å². The van der Waals surface area contributed by atoms with Gasteiger partial charge in [-0.2, -0.15) is 0 Å². The first kappa shape index (κ1) is 21.6. The molecule has 5 aromatic rings. The van der Waals surface area contributed by atoms with Crippen LogP contribution in [0, 0.1) is 5.21 Å². The van der Waals surface area contributed by atoms with Gasteiger partial charge in [0.1, 0.15) is 15.2 Å². The molecule has 8 heteroatoms. The zero-order valence-corrected chi connectivity index (χ0v) is 19.8. The molecule has 1 aliphatic rings. The van der Waals surface area contributed by atoms with Crippen molar-refractivity contribution in [3.05, 3.63) is 89.1 Å². The van der Waals surface area contributed by atoms with Crippen molar-refractivity contribution in [1.29, 1.82) is 0 Å². The number of aromatic nitrogens is 5. The number of hydrogen-bond donors (Lipinski definition) is 0. The van der Waals surface area contributed by atoms with Crippen LogP contribution in [0.15, 0.2) is 72.8 Å². The van der Waals surface area contributed by atoms with E-state index in [0.29, 0.717) is 27.4 Å². The maximum absolute atomic E-state index is 13.0. The number of carbonyl (C=O) groups is 1. The highest BCUT2D eigenvalue weighted by atomic mass is 32.1. The quantitative estimate of drug-likeness (QED) is 0.247. The zero-order valence-electron chi connectivity index (χ0n) is 19.0. The van der Waals surface area contributed by atoms with Crippen molar-refractivity contribution in [3.63, 3.8) is 0 Å². The molecule has 7 nitrogen and oxygen atoms in total. The zero-order chi connectivity index (χ0) is 23.8. The van der Waals surface area contributed by atoms with Crippen molar-refractivity contribution in [2.75, 3.05) is 0 Å². The Kier molecular flexibility index (Phi) is 5.58. The van der Waals surface area contributed by atoms with Gasteiger partial charge in [-0.05, 0) is 48.6 Å². The molecule has 1 aliphatic carbocycles. The SMILES string of the molecule is O=C(c1ccc(-c2nnc(-c3ccc(C4CCCCC4)cc3)s2)cc1)n1n[n+]([O-])c2ccccc21. The number of benzene rings is 3. The molecule has 0 bridgehead atoms. The third-order valence-corrected chi connectivity index (χ3v) is 7.74. The molecule has 0 atom stereocenters. The molecule has 1 saturated carbocycles. The molecule has 0 radical (unpaired) electrons. The summed E-state index contributed by atoms with van der Waals surface area (Å²) in [5.74, 6) is 0.320. The molecule has 0 saturated heterocycles. The molecule has 2 aromatic heterocycles. The van der Waals surface area contributed by atoms with E-state index in [1.165, 1.54) is 49.0 Å². The average Bonchev–Trinajstić information content (AvgIpc) is 3.55. The van der Waals surface area contributed by atoms with Crippen LogP contribution in [0.25, 0.3) is 32.2 Å². The Morgan fingerprint density at radius 1 is 0.857 bits per heavy atom. The summed E-state index contributed by atoms with van der Waals surface area (Å²) in [7, 11) is 0. The lowest BCUT2D eigenvalue weighted by molar-refractivity contribution is -0.645. The lowest BCUT2D eigenvalue weighted by Gasteiger charge is -2.21. The van der Waals surface area contributed by atoms with E-state index in [2.05, 4.69) is 39.7 Å². The van der Waals surface area contributed by atoms with Gasteiger partial charge < -0.3 is 5.21 Å². The summed E-state index contributed by atoms with van der Waals surface area (Å²) >= 11 is 1.53. The van der Waals surface area contributed by atoms with E-state index in [-0.39, 0.29) is 5.91 Å². The van der Waals surface area contributed by atoms with E-state index in [0.717, 1.165) is 25.8 Å². The second-order valence-electron chi connectivity index (χ2n) is 8.91. The van der Waals surface area contributed by atoms with Gasteiger partial charge in [-0.15, -0.1) is 15.0 Å². The number of rotatable bonds is 4. The summed E-state index contributed by atoms with van der Waals surface area (Å²) in [4.78, 5) is 13.4. The highest BCUT2D eigenvalue weighted by molar-refractivity contribution is 7.17. The van der Waals surface area contributed by atoms with Crippen molar-refractivity contribution >= 4 is 28.3 Å².